The molecular formula is C24H28ClNOS. The van der Waals surface area contributed by atoms with E-state index >= 15 is 0 Å². The number of nitrogens with one attached hydrogen (secondary N) is 1. The molecule has 0 aliphatic heterocycles. The van der Waals surface area contributed by atoms with Crippen LogP contribution in [0.3, 0.4) is 0 Å². The molecule has 0 radical (unpaired) electrons. The minimum atomic E-state index is 0. The third-order valence-corrected chi connectivity index (χ3v) is 5.72. The first-order chi connectivity index (χ1) is 13.3. The number of halogens is 1. The van der Waals surface area contributed by atoms with Crippen LogP contribution in [-0.4, -0.2) is 23.9 Å². The lowest BCUT2D eigenvalue weighted by atomic mass is 9.88. The molecule has 0 fully saturated rings. The molecule has 0 aromatic heterocycles. The van der Waals surface area contributed by atoms with Crippen LogP contribution in [0, 0.1) is 0 Å². The van der Waals surface area contributed by atoms with E-state index in [1.54, 1.807) is 12.1 Å². The molecular weight excluding hydrogens is 386 g/mol. The second-order valence-corrected chi connectivity index (χ2v) is 7.78. The predicted molar refractivity (Wildman–Crippen MR) is 123 cm³/mol. The van der Waals surface area contributed by atoms with E-state index in [-0.39, 0.29) is 12.4 Å². The van der Waals surface area contributed by atoms with Crippen molar-refractivity contribution in [3.8, 4) is 5.75 Å². The number of rotatable bonds is 10. The molecule has 28 heavy (non-hydrogen) atoms. The predicted octanol–water partition coefficient (Wildman–Crippen LogP) is 6.11. The van der Waals surface area contributed by atoms with Crippen LogP contribution in [0.25, 0.3) is 0 Å². The Morgan fingerprint density at radius 3 is 1.89 bits per heavy atom. The van der Waals surface area contributed by atoms with Crippen molar-refractivity contribution in [1.82, 2.24) is 5.32 Å². The number of hydrogen-bond acceptors (Lipinski definition) is 3. The molecule has 0 heterocycles. The highest BCUT2D eigenvalue weighted by molar-refractivity contribution is 7.99. The van der Waals surface area contributed by atoms with Gasteiger partial charge in [0, 0.05) is 10.8 Å². The Labute approximate surface area is 178 Å². The standard InChI is InChI=1S/C24H27NOS.ClH/c26-22-12-14-23(15-13-22)27-19-7-17-25-18-16-24(20-8-3-1-4-9-20)21-10-5-2-6-11-21;/h1-6,8-15,24-26H,7,16-19H2;1H. The zero-order valence-electron chi connectivity index (χ0n) is 16.0. The monoisotopic (exact) mass is 413 g/mol. The third kappa shape index (κ3) is 7.23. The molecule has 2 N–H and O–H groups in total. The van der Waals surface area contributed by atoms with Gasteiger partial charge in [-0.15, -0.1) is 24.2 Å². The largest absolute Gasteiger partial charge is 0.508 e. The van der Waals surface area contributed by atoms with Crippen LogP contribution >= 0.6 is 24.2 Å². The first-order valence-corrected chi connectivity index (χ1v) is 10.5. The highest BCUT2D eigenvalue weighted by Crippen LogP contribution is 2.27. The van der Waals surface area contributed by atoms with Gasteiger partial charge in [-0.2, -0.15) is 0 Å². The Balaban J connectivity index is 0.00000280. The van der Waals surface area contributed by atoms with Gasteiger partial charge < -0.3 is 10.4 Å². The first-order valence-electron chi connectivity index (χ1n) is 9.55. The van der Waals surface area contributed by atoms with Crippen molar-refractivity contribution in [2.45, 2.75) is 23.7 Å². The van der Waals surface area contributed by atoms with Gasteiger partial charge in [0.2, 0.25) is 0 Å². The van der Waals surface area contributed by atoms with Crippen molar-refractivity contribution in [2.75, 3.05) is 18.8 Å². The molecule has 0 bridgehead atoms. The Hall–Kier alpha value is -1.94. The Kier molecular flexibility index (Phi) is 9.98. The van der Waals surface area contributed by atoms with Gasteiger partial charge in [-0.3, -0.25) is 0 Å². The van der Waals surface area contributed by atoms with Gasteiger partial charge in [0.1, 0.15) is 5.75 Å². The minimum absolute atomic E-state index is 0. The second-order valence-electron chi connectivity index (χ2n) is 6.61. The molecule has 0 amide bonds. The number of thioether (sulfide) groups is 1. The van der Waals surface area contributed by atoms with E-state index in [0.717, 1.165) is 31.7 Å². The van der Waals surface area contributed by atoms with Crippen LogP contribution < -0.4 is 5.32 Å². The summed E-state index contributed by atoms with van der Waals surface area (Å²) < 4.78 is 0. The maximum atomic E-state index is 9.32. The summed E-state index contributed by atoms with van der Waals surface area (Å²) in [5, 5.41) is 12.9. The van der Waals surface area contributed by atoms with Crippen LogP contribution in [-0.2, 0) is 0 Å². The van der Waals surface area contributed by atoms with Crippen molar-refractivity contribution in [3.05, 3.63) is 96.1 Å². The molecule has 0 unspecified atom stereocenters. The van der Waals surface area contributed by atoms with Gasteiger partial charge >= 0.3 is 0 Å². The lowest BCUT2D eigenvalue weighted by Gasteiger charge is -2.18. The van der Waals surface area contributed by atoms with Crippen LogP contribution in [0.1, 0.15) is 29.9 Å². The number of phenols is 1. The fourth-order valence-electron chi connectivity index (χ4n) is 3.20. The maximum Gasteiger partial charge on any atom is 0.115 e. The highest BCUT2D eigenvalue weighted by Gasteiger charge is 2.13. The van der Waals surface area contributed by atoms with E-state index in [0.29, 0.717) is 11.7 Å². The lowest BCUT2D eigenvalue weighted by Crippen LogP contribution is -2.19. The van der Waals surface area contributed by atoms with E-state index < -0.39 is 0 Å². The van der Waals surface area contributed by atoms with Gasteiger partial charge in [-0.1, -0.05) is 60.7 Å². The van der Waals surface area contributed by atoms with Crippen LogP contribution in [0.15, 0.2) is 89.8 Å². The summed E-state index contributed by atoms with van der Waals surface area (Å²) in [5.41, 5.74) is 2.77. The summed E-state index contributed by atoms with van der Waals surface area (Å²) in [6.07, 6.45) is 2.23. The third-order valence-electron chi connectivity index (χ3n) is 4.62. The average molecular weight is 414 g/mol. The Morgan fingerprint density at radius 1 is 0.750 bits per heavy atom. The van der Waals surface area contributed by atoms with Crippen LogP contribution in [0.5, 0.6) is 5.75 Å². The fourth-order valence-corrected chi connectivity index (χ4v) is 4.05. The van der Waals surface area contributed by atoms with Crippen molar-refractivity contribution in [3.63, 3.8) is 0 Å². The van der Waals surface area contributed by atoms with E-state index in [1.165, 1.54) is 16.0 Å². The molecule has 4 heteroatoms. The van der Waals surface area contributed by atoms with Crippen molar-refractivity contribution in [1.29, 1.82) is 0 Å². The molecule has 3 aromatic carbocycles. The quantitative estimate of drug-likeness (QED) is 0.310. The summed E-state index contributed by atoms with van der Waals surface area (Å²) >= 11 is 1.84. The SMILES string of the molecule is Cl.Oc1ccc(SCCCNCCC(c2ccccc2)c2ccccc2)cc1. The normalized spacial score (nSPS) is 10.6. The van der Waals surface area contributed by atoms with Crippen LogP contribution in [0.2, 0.25) is 0 Å². The second kappa shape index (κ2) is 12.5. The molecule has 148 valence electrons. The van der Waals surface area contributed by atoms with Gasteiger partial charge in [-0.05, 0) is 67.1 Å². The van der Waals surface area contributed by atoms with Crippen molar-refractivity contribution < 1.29 is 5.11 Å². The highest BCUT2D eigenvalue weighted by atomic mass is 35.5. The molecule has 0 atom stereocenters. The summed E-state index contributed by atoms with van der Waals surface area (Å²) in [4.78, 5) is 1.21. The van der Waals surface area contributed by atoms with Crippen molar-refractivity contribution >= 4 is 24.2 Å². The van der Waals surface area contributed by atoms with E-state index in [4.69, 9.17) is 0 Å². The number of hydrogen-bond donors (Lipinski definition) is 2. The maximum absolute atomic E-state index is 9.32. The zero-order valence-corrected chi connectivity index (χ0v) is 17.6. The van der Waals surface area contributed by atoms with Gasteiger partial charge in [0.05, 0.1) is 0 Å². The zero-order chi connectivity index (χ0) is 18.7. The molecule has 3 aromatic rings. The fraction of sp³-hybridized carbons (Fsp3) is 0.250. The van der Waals surface area contributed by atoms with Gasteiger partial charge in [-0.25, -0.2) is 0 Å². The summed E-state index contributed by atoms with van der Waals surface area (Å²) in [6.45, 7) is 2.04. The number of phenolic OH excluding ortho intramolecular Hbond substituents is 1. The Bertz CT molecular complexity index is 741. The molecule has 0 spiro atoms. The molecule has 0 aliphatic rings. The van der Waals surface area contributed by atoms with E-state index in [1.807, 2.05) is 23.9 Å². The Morgan fingerprint density at radius 2 is 1.32 bits per heavy atom. The number of benzene rings is 3. The molecule has 0 aliphatic carbocycles. The lowest BCUT2D eigenvalue weighted by molar-refractivity contribution is 0.475. The van der Waals surface area contributed by atoms with Gasteiger partial charge in [0.25, 0.3) is 0 Å². The summed E-state index contributed by atoms with van der Waals surface area (Å²) in [6, 6.07) is 29.0. The number of aromatic hydroxyl groups is 1. The topological polar surface area (TPSA) is 32.3 Å². The molecule has 0 saturated carbocycles. The molecule has 2 nitrogen and oxygen atoms in total. The molecule has 0 saturated heterocycles. The minimum Gasteiger partial charge on any atom is -0.508 e. The summed E-state index contributed by atoms with van der Waals surface area (Å²) in [7, 11) is 0. The smallest absolute Gasteiger partial charge is 0.115 e. The average Bonchev–Trinajstić information content (AvgIpc) is 2.73. The first kappa shape index (κ1) is 22.4. The van der Waals surface area contributed by atoms with Crippen LogP contribution in [0.4, 0.5) is 0 Å². The van der Waals surface area contributed by atoms with Gasteiger partial charge in [0.15, 0.2) is 0 Å². The van der Waals surface area contributed by atoms with Crippen molar-refractivity contribution in [2.24, 2.45) is 0 Å². The van der Waals surface area contributed by atoms with E-state index in [9.17, 15) is 5.11 Å². The van der Waals surface area contributed by atoms with E-state index in [2.05, 4.69) is 66.0 Å². The molecule has 3 rings (SSSR count). The summed E-state index contributed by atoms with van der Waals surface area (Å²) in [5.74, 6) is 1.84.